The zero-order valence-corrected chi connectivity index (χ0v) is 18.9. The number of amides is 1. The quantitative estimate of drug-likeness (QED) is 0.300. The first-order chi connectivity index (χ1) is 16.2. The molecule has 0 aliphatic carbocycles. The Morgan fingerprint density at radius 2 is 1.91 bits per heavy atom. The molecule has 8 nitrogen and oxygen atoms in total. The number of hydrogen-bond donors (Lipinski definition) is 2. The summed E-state index contributed by atoms with van der Waals surface area (Å²) in [6, 6.07) is 17.9. The molecule has 0 fully saturated rings. The molecule has 1 aromatic heterocycles. The largest absolute Gasteiger partial charge is 0.482 e. The fraction of sp³-hybridized carbons (Fsp3) is 0.320. The van der Waals surface area contributed by atoms with Crippen LogP contribution in [0.25, 0.3) is 0 Å². The normalized spacial score (nSPS) is 13.4. The van der Waals surface area contributed by atoms with Crippen molar-refractivity contribution in [3.05, 3.63) is 78.1 Å². The Balaban J connectivity index is 1.33. The summed E-state index contributed by atoms with van der Waals surface area (Å²) in [5.74, 6) is 1.51. The van der Waals surface area contributed by atoms with E-state index in [-0.39, 0.29) is 12.5 Å². The number of carbonyl (C=O) groups is 1. The van der Waals surface area contributed by atoms with Crippen LogP contribution in [0.1, 0.15) is 24.5 Å². The van der Waals surface area contributed by atoms with Gasteiger partial charge in [-0.2, -0.15) is 5.10 Å². The molecule has 2 N–H and O–H groups in total. The molecule has 0 unspecified atom stereocenters. The summed E-state index contributed by atoms with van der Waals surface area (Å²) in [5.41, 5.74) is 3.20. The predicted molar refractivity (Wildman–Crippen MR) is 129 cm³/mol. The third-order valence-corrected chi connectivity index (χ3v) is 5.42. The number of nitrogens with zero attached hydrogens (tertiary/aromatic N) is 4. The summed E-state index contributed by atoms with van der Waals surface area (Å²) < 4.78 is 7.43. The van der Waals surface area contributed by atoms with Crippen LogP contribution in [0.4, 0.5) is 5.69 Å². The van der Waals surface area contributed by atoms with Crippen molar-refractivity contribution in [1.82, 2.24) is 20.4 Å². The number of aromatic nitrogens is 2. The molecule has 33 heavy (non-hydrogen) atoms. The van der Waals surface area contributed by atoms with Crippen molar-refractivity contribution in [1.29, 1.82) is 0 Å². The van der Waals surface area contributed by atoms with Gasteiger partial charge < -0.3 is 20.3 Å². The van der Waals surface area contributed by atoms with E-state index in [4.69, 9.17) is 9.73 Å². The number of guanidine groups is 1. The number of carbonyl (C=O) groups excluding carboxylic acids is 1. The van der Waals surface area contributed by atoms with Crippen LogP contribution in [0.3, 0.4) is 0 Å². The highest BCUT2D eigenvalue weighted by atomic mass is 16.5. The molecule has 1 aliphatic heterocycles. The van der Waals surface area contributed by atoms with Gasteiger partial charge in [-0.25, -0.2) is 4.99 Å². The molecule has 172 valence electrons. The van der Waals surface area contributed by atoms with E-state index in [0.29, 0.717) is 19.6 Å². The number of hydrogen-bond acceptors (Lipinski definition) is 4. The Kier molecular flexibility index (Phi) is 7.58. The Labute approximate surface area is 194 Å². The molecule has 8 heteroatoms. The van der Waals surface area contributed by atoms with Crippen LogP contribution in [0.5, 0.6) is 5.75 Å². The van der Waals surface area contributed by atoms with Gasteiger partial charge in [0, 0.05) is 32.0 Å². The summed E-state index contributed by atoms with van der Waals surface area (Å²) in [4.78, 5) is 18.9. The molecular formula is C25H30N6O2. The summed E-state index contributed by atoms with van der Waals surface area (Å²) in [7, 11) is 0. The Morgan fingerprint density at radius 3 is 2.73 bits per heavy atom. The lowest BCUT2D eigenvalue weighted by molar-refractivity contribution is -0.121. The monoisotopic (exact) mass is 446 g/mol. The number of aliphatic imine (C=N–C) groups is 1. The molecule has 3 aromatic rings. The lowest BCUT2D eigenvalue weighted by Crippen LogP contribution is -2.42. The van der Waals surface area contributed by atoms with Gasteiger partial charge in [-0.1, -0.05) is 36.4 Å². The molecule has 4 rings (SSSR count). The summed E-state index contributed by atoms with van der Waals surface area (Å²) in [6.07, 6.45) is 4.54. The zero-order valence-electron chi connectivity index (χ0n) is 18.9. The molecule has 2 heterocycles. The van der Waals surface area contributed by atoms with Crippen LogP contribution >= 0.6 is 0 Å². The second kappa shape index (κ2) is 11.2. The van der Waals surface area contributed by atoms with Crippen molar-refractivity contribution in [3.8, 4) is 5.75 Å². The van der Waals surface area contributed by atoms with Crippen molar-refractivity contribution in [3.63, 3.8) is 0 Å². The van der Waals surface area contributed by atoms with E-state index in [1.807, 2.05) is 60.3 Å². The van der Waals surface area contributed by atoms with Crippen molar-refractivity contribution < 1.29 is 9.53 Å². The van der Waals surface area contributed by atoms with E-state index in [0.717, 1.165) is 36.9 Å². The standard InChI is InChI=1S/C25H30N6O2/c1-2-26-25(28-17-20-9-3-4-10-21(20)18-30-15-8-14-29-30)27-13-7-16-31-22-11-5-6-12-23(22)33-19-24(31)32/h3-6,8-12,14-15H,2,7,13,16-19H2,1H3,(H2,26,27,28). The molecule has 0 atom stereocenters. The summed E-state index contributed by atoms with van der Waals surface area (Å²) >= 11 is 0. The SMILES string of the molecule is CCNC(=NCc1ccccc1Cn1cccn1)NCCCN1C(=O)COc2ccccc21. The number of ether oxygens (including phenoxy) is 1. The van der Waals surface area contributed by atoms with Crippen molar-refractivity contribution in [2.75, 3.05) is 31.1 Å². The van der Waals surface area contributed by atoms with Gasteiger partial charge in [-0.05, 0) is 42.7 Å². The highest BCUT2D eigenvalue weighted by Crippen LogP contribution is 2.31. The fourth-order valence-corrected chi connectivity index (χ4v) is 3.78. The van der Waals surface area contributed by atoms with Gasteiger partial charge in [0.25, 0.3) is 5.91 Å². The molecular weight excluding hydrogens is 416 g/mol. The lowest BCUT2D eigenvalue weighted by Gasteiger charge is -2.29. The molecule has 2 aromatic carbocycles. The minimum Gasteiger partial charge on any atom is -0.482 e. The first-order valence-corrected chi connectivity index (χ1v) is 11.3. The highest BCUT2D eigenvalue weighted by molar-refractivity contribution is 5.97. The van der Waals surface area contributed by atoms with E-state index >= 15 is 0 Å². The van der Waals surface area contributed by atoms with E-state index in [1.54, 1.807) is 11.1 Å². The smallest absolute Gasteiger partial charge is 0.265 e. The van der Waals surface area contributed by atoms with Crippen molar-refractivity contribution >= 4 is 17.6 Å². The van der Waals surface area contributed by atoms with Gasteiger partial charge in [0.05, 0.1) is 18.8 Å². The van der Waals surface area contributed by atoms with E-state index in [1.165, 1.54) is 11.1 Å². The Hall–Kier alpha value is -3.81. The second-order valence-corrected chi connectivity index (χ2v) is 7.75. The summed E-state index contributed by atoms with van der Waals surface area (Å²) in [6.45, 7) is 5.53. The van der Waals surface area contributed by atoms with Gasteiger partial charge >= 0.3 is 0 Å². The van der Waals surface area contributed by atoms with E-state index < -0.39 is 0 Å². The number of rotatable bonds is 9. The average molecular weight is 447 g/mol. The van der Waals surface area contributed by atoms with Crippen LogP contribution in [0, 0.1) is 0 Å². The highest BCUT2D eigenvalue weighted by Gasteiger charge is 2.24. The van der Waals surface area contributed by atoms with Crippen LogP contribution < -0.4 is 20.3 Å². The summed E-state index contributed by atoms with van der Waals surface area (Å²) in [5, 5.41) is 11.0. The first-order valence-electron chi connectivity index (χ1n) is 11.3. The molecule has 0 saturated heterocycles. The minimum absolute atomic E-state index is 0.0111. The fourth-order valence-electron chi connectivity index (χ4n) is 3.78. The van der Waals surface area contributed by atoms with Crippen LogP contribution in [0.15, 0.2) is 72.0 Å². The number of fused-ring (bicyclic) bond motifs is 1. The third kappa shape index (κ3) is 5.91. The minimum atomic E-state index is -0.0111. The molecule has 0 spiro atoms. The maximum atomic E-state index is 12.3. The number of anilines is 1. The van der Waals surface area contributed by atoms with Gasteiger partial charge in [-0.3, -0.25) is 9.48 Å². The van der Waals surface area contributed by atoms with Crippen LogP contribution in [-0.4, -0.2) is 47.9 Å². The molecule has 1 aliphatic rings. The zero-order chi connectivity index (χ0) is 22.9. The molecule has 0 saturated carbocycles. The Bertz CT molecular complexity index is 1080. The van der Waals surface area contributed by atoms with Crippen molar-refractivity contribution in [2.45, 2.75) is 26.4 Å². The lowest BCUT2D eigenvalue weighted by atomic mass is 10.1. The van der Waals surface area contributed by atoms with Gasteiger partial charge in [0.1, 0.15) is 5.75 Å². The van der Waals surface area contributed by atoms with Gasteiger partial charge in [0.2, 0.25) is 0 Å². The number of benzene rings is 2. The first kappa shape index (κ1) is 22.4. The molecule has 0 bridgehead atoms. The third-order valence-electron chi connectivity index (χ3n) is 5.42. The molecule has 1 amide bonds. The topological polar surface area (TPSA) is 83.8 Å². The maximum Gasteiger partial charge on any atom is 0.265 e. The van der Waals surface area contributed by atoms with Crippen LogP contribution in [-0.2, 0) is 17.9 Å². The van der Waals surface area contributed by atoms with E-state index in [2.05, 4.69) is 27.9 Å². The van der Waals surface area contributed by atoms with E-state index in [9.17, 15) is 4.79 Å². The van der Waals surface area contributed by atoms with Crippen LogP contribution in [0.2, 0.25) is 0 Å². The Morgan fingerprint density at radius 1 is 1.09 bits per heavy atom. The van der Waals surface area contributed by atoms with Crippen molar-refractivity contribution in [2.24, 2.45) is 4.99 Å². The predicted octanol–water partition coefficient (Wildman–Crippen LogP) is 2.80. The van der Waals surface area contributed by atoms with Gasteiger partial charge in [-0.15, -0.1) is 0 Å². The van der Waals surface area contributed by atoms with Gasteiger partial charge in [0.15, 0.2) is 12.6 Å². The molecule has 0 radical (unpaired) electrons. The maximum absolute atomic E-state index is 12.3. The second-order valence-electron chi connectivity index (χ2n) is 7.75. The average Bonchev–Trinajstić information content (AvgIpc) is 3.35. The number of nitrogens with one attached hydrogen (secondary N) is 2. The number of para-hydroxylation sites is 2.